The number of hydrogen-bond donors (Lipinski definition) is 0. The number of carbonyl (C=O) groups excluding carboxylic acids is 2. The second-order valence-corrected chi connectivity index (χ2v) is 10.8. The Labute approximate surface area is 226 Å². The maximum atomic E-state index is 13.5. The van der Waals surface area contributed by atoms with Crippen molar-refractivity contribution in [3.05, 3.63) is 71.3 Å². The van der Waals surface area contributed by atoms with E-state index < -0.39 is 0 Å². The van der Waals surface area contributed by atoms with Crippen molar-refractivity contribution in [2.24, 2.45) is 11.3 Å². The third-order valence-corrected chi connectivity index (χ3v) is 8.69. The number of amides is 2. The molecule has 3 heterocycles. The zero-order chi connectivity index (χ0) is 25.1. The van der Waals surface area contributed by atoms with Gasteiger partial charge in [-0.2, -0.15) is 5.26 Å². The molecule has 3 aliphatic rings. The minimum absolute atomic E-state index is 0. The molecule has 2 aromatic rings. The smallest absolute Gasteiger partial charge is 0.229 e. The van der Waals surface area contributed by atoms with Crippen molar-refractivity contribution in [2.75, 3.05) is 39.3 Å². The third-order valence-electron chi connectivity index (χ3n) is 8.69. The van der Waals surface area contributed by atoms with Gasteiger partial charge in [-0.1, -0.05) is 49.4 Å². The van der Waals surface area contributed by atoms with Crippen molar-refractivity contribution in [1.82, 2.24) is 14.7 Å². The van der Waals surface area contributed by atoms with E-state index in [1.807, 2.05) is 36.1 Å². The van der Waals surface area contributed by atoms with Crippen LogP contribution >= 0.6 is 12.4 Å². The summed E-state index contributed by atoms with van der Waals surface area (Å²) in [6.45, 7) is 7.87. The number of nitrogens with zero attached hydrogens (tertiary/aromatic N) is 4. The molecule has 7 heteroatoms. The summed E-state index contributed by atoms with van der Waals surface area (Å²) in [6.07, 6.45) is 3.32. The lowest BCUT2D eigenvalue weighted by molar-refractivity contribution is -0.139. The van der Waals surface area contributed by atoms with E-state index in [2.05, 4.69) is 46.2 Å². The van der Waals surface area contributed by atoms with Gasteiger partial charge in [0, 0.05) is 45.1 Å². The van der Waals surface area contributed by atoms with Gasteiger partial charge in [-0.3, -0.25) is 9.59 Å². The van der Waals surface area contributed by atoms with Crippen molar-refractivity contribution in [1.29, 1.82) is 5.26 Å². The highest BCUT2D eigenvalue weighted by molar-refractivity contribution is 5.85. The molecule has 3 saturated heterocycles. The first-order chi connectivity index (χ1) is 17.5. The van der Waals surface area contributed by atoms with Gasteiger partial charge in [-0.15, -0.1) is 12.4 Å². The molecule has 0 N–H and O–H groups in total. The maximum absolute atomic E-state index is 13.5. The number of halogens is 1. The third kappa shape index (κ3) is 5.68. The first-order valence-electron chi connectivity index (χ1n) is 13.3. The van der Waals surface area contributed by atoms with Crippen molar-refractivity contribution < 1.29 is 9.59 Å². The topological polar surface area (TPSA) is 67.7 Å². The molecule has 196 valence electrons. The van der Waals surface area contributed by atoms with E-state index in [0.717, 1.165) is 64.1 Å². The van der Waals surface area contributed by atoms with Crippen LogP contribution in [0.25, 0.3) is 0 Å². The molecule has 6 nitrogen and oxygen atoms in total. The Morgan fingerprint density at radius 3 is 2.32 bits per heavy atom. The van der Waals surface area contributed by atoms with Gasteiger partial charge < -0.3 is 14.7 Å². The lowest BCUT2D eigenvalue weighted by atomic mass is 9.76. The summed E-state index contributed by atoms with van der Waals surface area (Å²) < 4.78 is 0. The minimum atomic E-state index is -0.220. The molecular formula is C30H37ClN4O2. The van der Waals surface area contributed by atoms with Crippen LogP contribution in [0.15, 0.2) is 54.6 Å². The van der Waals surface area contributed by atoms with Crippen LogP contribution in [0, 0.1) is 22.7 Å². The lowest BCUT2D eigenvalue weighted by Gasteiger charge is -2.39. The van der Waals surface area contributed by atoms with Gasteiger partial charge in [-0.05, 0) is 61.5 Å². The first kappa shape index (κ1) is 27.2. The maximum Gasteiger partial charge on any atom is 0.229 e. The molecule has 37 heavy (non-hydrogen) atoms. The molecule has 0 aromatic heterocycles. The highest BCUT2D eigenvalue weighted by Gasteiger charge is 2.48. The van der Waals surface area contributed by atoms with E-state index in [4.69, 9.17) is 5.26 Å². The number of carbonyl (C=O) groups is 2. The van der Waals surface area contributed by atoms with Crippen molar-refractivity contribution in [3.8, 4) is 6.07 Å². The number of benzene rings is 2. The van der Waals surface area contributed by atoms with E-state index in [1.54, 1.807) is 0 Å². The van der Waals surface area contributed by atoms with Crippen molar-refractivity contribution in [3.63, 3.8) is 0 Å². The summed E-state index contributed by atoms with van der Waals surface area (Å²) in [5.41, 5.74) is 2.83. The van der Waals surface area contributed by atoms with Gasteiger partial charge in [0.05, 0.1) is 17.0 Å². The predicted molar refractivity (Wildman–Crippen MR) is 146 cm³/mol. The molecule has 0 aliphatic carbocycles. The van der Waals surface area contributed by atoms with Crippen LogP contribution in [0.1, 0.15) is 55.2 Å². The van der Waals surface area contributed by atoms with E-state index in [9.17, 15) is 9.59 Å². The van der Waals surface area contributed by atoms with Crippen LogP contribution in [0.4, 0.5) is 0 Å². The fourth-order valence-corrected chi connectivity index (χ4v) is 6.47. The molecule has 1 spiro atoms. The average Bonchev–Trinajstić information content (AvgIpc) is 3.47. The Morgan fingerprint density at radius 1 is 1.00 bits per heavy atom. The van der Waals surface area contributed by atoms with Gasteiger partial charge >= 0.3 is 0 Å². The summed E-state index contributed by atoms with van der Waals surface area (Å²) in [7, 11) is 0. The highest BCUT2D eigenvalue weighted by atomic mass is 35.5. The molecule has 0 radical (unpaired) electrons. The molecule has 3 aliphatic heterocycles. The Balaban J connectivity index is 0.00000320. The Hall–Kier alpha value is -2.88. The second kappa shape index (κ2) is 11.7. The van der Waals surface area contributed by atoms with Crippen LogP contribution in [0.3, 0.4) is 0 Å². The molecule has 3 fully saturated rings. The molecule has 5 rings (SSSR count). The molecule has 2 aromatic carbocycles. The van der Waals surface area contributed by atoms with Gasteiger partial charge in [0.25, 0.3) is 0 Å². The van der Waals surface area contributed by atoms with Crippen LogP contribution in [-0.2, 0) is 16.1 Å². The number of nitriles is 1. The van der Waals surface area contributed by atoms with Crippen LogP contribution < -0.4 is 0 Å². The minimum Gasteiger partial charge on any atom is -0.342 e. The van der Waals surface area contributed by atoms with Crippen LogP contribution in [0.2, 0.25) is 0 Å². The zero-order valence-electron chi connectivity index (χ0n) is 21.6. The van der Waals surface area contributed by atoms with Gasteiger partial charge in [-0.25, -0.2) is 0 Å². The molecular weight excluding hydrogens is 484 g/mol. The largest absolute Gasteiger partial charge is 0.342 e. The van der Waals surface area contributed by atoms with Crippen molar-refractivity contribution in [2.45, 2.75) is 45.1 Å². The molecule has 0 bridgehead atoms. The van der Waals surface area contributed by atoms with Gasteiger partial charge in [0.2, 0.25) is 11.8 Å². The Kier molecular flexibility index (Phi) is 8.56. The quantitative estimate of drug-likeness (QED) is 0.564. The first-order valence-corrected chi connectivity index (χ1v) is 13.3. The van der Waals surface area contributed by atoms with Crippen molar-refractivity contribution >= 4 is 24.2 Å². The SMILES string of the molecule is CCC(=O)N1CC(c2ccccc2)[C@@H](CN2CCC3(CC2)CCN(Cc2ccc(C#N)cc2)C3=O)C1.Cl. The van der Waals surface area contributed by atoms with E-state index in [0.29, 0.717) is 36.3 Å². The monoisotopic (exact) mass is 520 g/mol. The zero-order valence-corrected chi connectivity index (χ0v) is 22.5. The summed E-state index contributed by atoms with van der Waals surface area (Å²) >= 11 is 0. The van der Waals surface area contributed by atoms with E-state index in [1.165, 1.54) is 5.56 Å². The molecule has 2 amide bonds. The molecule has 2 atom stereocenters. The summed E-state index contributed by atoms with van der Waals surface area (Å²) in [5, 5.41) is 9.02. The number of rotatable bonds is 6. The number of likely N-dealkylation sites (tertiary alicyclic amines) is 3. The summed E-state index contributed by atoms with van der Waals surface area (Å²) in [6, 6.07) is 20.3. The van der Waals surface area contributed by atoms with Gasteiger partial charge in [0.15, 0.2) is 0 Å². The Morgan fingerprint density at radius 2 is 1.68 bits per heavy atom. The second-order valence-electron chi connectivity index (χ2n) is 10.8. The average molecular weight is 521 g/mol. The van der Waals surface area contributed by atoms with Crippen LogP contribution in [0.5, 0.6) is 0 Å². The molecule has 0 saturated carbocycles. The van der Waals surface area contributed by atoms with Gasteiger partial charge in [0.1, 0.15) is 0 Å². The van der Waals surface area contributed by atoms with Crippen LogP contribution in [-0.4, -0.2) is 65.8 Å². The molecule has 1 unspecified atom stereocenters. The Bertz CT molecular complexity index is 1120. The number of piperidine rings is 1. The number of hydrogen-bond acceptors (Lipinski definition) is 4. The summed E-state index contributed by atoms with van der Waals surface area (Å²) in [4.78, 5) is 32.5. The van der Waals surface area contributed by atoms with E-state index in [-0.39, 0.29) is 23.7 Å². The normalized spacial score (nSPS) is 23.2. The highest BCUT2D eigenvalue weighted by Crippen LogP contribution is 2.43. The summed E-state index contributed by atoms with van der Waals surface area (Å²) in [5.74, 6) is 1.34. The fraction of sp³-hybridized carbons (Fsp3) is 0.500. The van der Waals surface area contributed by atoms with E-state index >= 15 is 0 Å². The predicted octanol–water partition coefficient (Wildman–Crippen LogP) is 4.45. The fourth-order valence-electron chi connectivity index (χ4n) is 6.47. The lowest BCUT2D eigenvalue weighted by Crippen LogP contribution is -2.46. The standard InChI is InChI=1S/C30H36N4O2.ClH/c1-2-28(35)34-21-26(27(22-34)25-6-4-3-5-7-25)20-32-15-12-30(13-16-32)14-17-33(29(30)36)19-24-10-8-23(18-31)9-11-24;/h3-11,26-27H,2,12-17,19-22H2,1H3;1H/t26-,27?;/m0./s1.